The lowest BCUT2D eigenvalue weighted by atomic mass is 10.0. The van der Waals surface area contributed by atoms with E-state index in [4.69, 9.17) is 0 Å². The van der Waals surface area contributed by atoms with Crippen LogP contribution in [0.3, 0.4) is 0 Å². The Morgan fingerprint density at radius 3 is 2.00 bits per heavy atom. The van der Waals surface area contributed by atoms with Gasteiger partial charge in [-0.2, -0.15) is 0 Å². The number of rotatable bonds is 3. The molecule has 0 radical (unpaired) electrons. The minimum absolute atomic E-state index is 0.0641. The molecule has 0 atom stereocenters. The Labute approximate surface area is 84.9 Å². The summed E-state index contributed by atoms with van der Waals surface area (Å²) >= 11 is 0. The van der Waals surface area contributed by atoms with E-state index < -0.39 is 7.88 Å². The Morgan fingerprint density at radius 2 is 1.64 bits per heavy atom. The molecule has 0 fully saturated rings. The highest BCUT2D eigenvalue weighted by Gasteiger charge is 2.33. The highest BCUT2D eigenvalue weighted by atomic mass is 31.2. The molecule has 0 saturated carbocycles. The van der Waals surface area contributed by atoms with E-state index in [1.165, 1.54) is 5.56 Å². The third-order valence-corrected chi connectivity index (χ3v) is 3.03. The zero-order valence-electron chi connectivity index (χ0n) is 8.80. The smallest absolute Gasteiger partial charge is 0.0587 e. The maximum Gasteiger partial charge on any atom is 0.389 e. The average Bonchev–Trinajstić information content (AvgIpc) is 2.02. The quantitative estimate of drug-likeness (QED) is 0.642. The number of halogens is 2. The molecule has 0 nitrogen and oxygen atoms in total. The van der Waals surface area contributed by atoms with Gasteiger partial charge in [-0.15, -0.1) is 0 Å². The van der Waals surface area contributed by atoms with Crippen molar-refractivity contribution >= 4 is 7.88 Å². The van der Waals surface area contributed by atoms with E-state index in [1.807, 2.05) is 24.3 Å². The minimum atomic E-state index is -3.68. The Morgan fingerprint density at radius 1 is 1.14 bits per heavy atom. The lowest BCUT2D eigenvalue weighted by Crippen LogP contribution is -1.89. The van der Waals surface area contributed by atoms with Gasteiger partial charge in [0, 0.05) is 0 Å². The first-order chi connectivity index (χ1) is 6.38. The molecule has 3 heteroatoms. The van der Waals surface area contributed by atoms with Gasteiger partial charge >= 0.3 is 7.88 Å². The molecule has 1 aromatic rings. The van der Waals surface area contributed by atoms with Gasteiger partial charge in [0.15, 0.2) is 0 Å². The van der Waals surface area contributed by atoms with Crippen molar-refractivity contribution in [2.75, 3.05) is 6.66 Å². The van der Waals surface area contributed by atoms with Crippen molar-refractivity contribution in [2.45, 2.75) is 25.9 Å². The summed E-state index contributed by atoms with van der Waals surface area (Å²) in [6.07, 6.45) is -0.0641. The zero-order valence-corrected chi connectivity index (χ0v) is 9.69. The van der Waals surface area contributed by atoms with Crippen molar-refractivity contribution in [2.24, 2.45) is 0 Å². The third kappa shape index (κ3) is 3.71. The lowest BCUT2D eigenvalue weighted by Gasteiger charge is -2.06. The molecule has 0 aliphatic heterocycles. The van der Waals surface area contributed by atoms with E-state index in [-0.39, 0.29) is 6.16 Å². The molecular formula is C11H16F2P+. The first-order valence-corrected chi connectivity index (χ1v) is 6.92. The molecular weight excluding hydrogens is 201 g/mol. The monoisotopic (exact) mass is 217 g/mol. The highest BCUT2D eigenvalue weighted by molar-refractivity contribution is 7.64. The second kappa shape index (κ2) is 4.35. The summed E-state index contributed by atoms with van der Waals surface area (Å²) < 4.78 is 25.6. The van der Waals surface area contributed by atoms with Gasteiger partial charge in [-0.1, -0.05) is 38.1 Å². The van der Waals surface area contributed by atoms with Crippen LogP contribution in [0, 0.1) is 0 Å². The van der Waals surface area contributed by atoms with E-state index in [2.05, 4.69) is 13.8 Å². The summed E-state index contributed by atoms with van der Waals surface area (Å²) in [7, 11) is -3.68. The summed E-state index contributed by atoms with van der Waals surface area (Å²) in [6.45, 7) is 5.25. The van der Waals surface area contributed by atoms with Crippen LogP contribution in [-0.4, -0.2) is 6.66 Å². The molecule has 0 saturated heterocycles. The topological polar surface area (TPSA) is 0 Å². The Hall–Kier alpha value is -0.490. The largest absolute Gasteiger partial charge is 0.389 e. The predicted octanol–water partition coefficient (Wildman–Crippen LogP) is 4.73. The van der Waals surface area contributed by atoms with Gasteiger partial charge in [0.1, 0.15) is 12.8 Å². The fourth-order valence-corrected chi connectivity index (χ4v) is 2.18. The van der Waals surface area contributed by atoms with Gasteiger partial charge in [-0.3, -0.25) is 0 Å². The molecule has 0 unspecified atom stereocenters. The Kier molecular flexibility index (Phi) is 3.60. The van der Waals surface area contributed by atoms with Crippen LogP contribution in [0.25, 0.3) is 0 Å². The summed E-state index contributed by atoms with van der Waals surface area (Å²) in [5.74, 6) is 0.459. The van der Waals surface area contributed by atoms with E-state index >= 15 is 0 Å². The third-order valence-electron chi connectivity index (χ3n) is 2.11. The van der Waals surface area contributed by atoms with Crippen molar-refractivity contribution in [1.29, 1.82) is 0 Å². The normalized spacial score (nSPS) is 12.1. The van der Waals surface area contributed by atoms with Crippen molar-refractivity contribution in [3.8, 4) is 0 Å². The summed E-state index contributed by atoms with van der Waals surface area (Å²) in [4.78, 5) is 0. The minimum Gasteiger partial charge on any atom is -0.0587 e. The second-order valence-corrected chi connectivity index (χ2v) is 6.24. The lowest BCUT2D eigenvalue weighted by molar-refractivity contribution is 0.708. The van der Waals surface area contributed by atoms with Gasteiger partial charge < -0.3 is 0 Å². The molecule has 1 aromatic carbocycles. The van der Waals surface area contributed by atoms with Crippen molar-refractivity contribution in [3.63, 3.8) is 0 Å². The molecule has 14 heavy (non-hydrogen) atoms. The maximum absolute atomic E-state index is 12.8. The molecule has 0 bridgehead atoms. The molecule has 0 aliphatic rings. The molecule has 0 aromatic heterocycles. The maximum atomic E-state index is 12.8. The molecule has 1 rings (SSSR count). The van der Waals surface area contributed by atoms with Crippen LogP contribution < -0.4 is 0 Å². The van der Waals surface area contributed by atoms with E-state index in [1.54, 1.807) is 0 Å². The van der Waals surface area contributed by atoms with Crippen LogP contribution in [0.2, 0.25) is 0 Å². The molecule has 0 spiro atoms. The van der Waals surface area contributed by atoms with Gasteiger partial charge in [0.05, 0.1) is 0 Å². The average molecular weight is 217 g/mol. The number of hydrogen-bond acceptors (Lipinski definition) is 0. The summed E-state index contributed by atoms with van der Waals surface area (Å²) in [5.41, 5.74) is 1.95. The Balaban J connectivity index is 2.74. The fourth-order valence-electron chi connectivity index (χ4n) is 1.33. The summed E-state index contributed by atoms with van der Waals surface area (Å²) in [6, 6.07) is 7.50. The molecule has 0 amide bonds. The van der Waals surface area contributed by atoms with E-state index in [9.17, 15) is 8.39 Å². The first kappa shape index (κ1) is 11.6. The van der Waals surface area contributed by atoms with Crippen molar-refractivity contribution in [3.05, 3.63) is 35.4 Å². The highest BCUT2D eigenvalue weighted by Crippen LogP contribution is 2.61. The SMILES string of the molecule is CC(C)c1ccc(C[P+](C)(F)F)cc1. The van der Waals surface area contributed by atoms with E-state index in [0.29, 0.717) is 5.92 Å². The number of hydrogen-bond donors (Lipinski definition) is 0. The first-order valence-electron chi connectivity index (χ1n) is 4.72. The summed E-state index contributed by atoms with van der Waals surface area (Å²) in [5, 5.41) is 0. The molecule has 0 aliphatic carbocycles. The van der Waals surface area contributed by atoms with Gasteiger partial charge in [0.25, 0.3) is 0 Å². The van der Waals surface area contributed by atoms with Crippen molar-refractivity contribution in [1.82, 2.24) is 0 Å². The zero-order chi connectivity index (χ0) is 10.8. The Bertz CT molecular complexity index is 285. The van der Waals surface area contributed by atoms with Crippen LogP contribution in [-0.2, 0) is 6.16 Å². The van der Waals surface area contributed by atoms with Crippen LogP contribution in [0.1, 0.15) is 30.9 Å². The standard InChI is InChI=1S/C11H16F2P/c1-9(2)11-6-4-10(5-7-11)8-14(3,12)13/h4-7,9H,8H2,1-3H3/q+1. The van der Waals surface area contributed by atoms with Crippen LogP contribution >= 0.6 is 7.88 Å². The van der Waals surface area contributed by atoms with E-state index in [0.717, 1.165) is 12.2 Å². The molecule has 0 heterocycles. The van der Waals surface area contributed by atoms with Crippen molar-refractivity contribution < 1.29 is 8.39 Å². The second-order valence-electron chi connectivity index (χ2n) is 4.01. The van der Waals surface area contributed by atoms with Gasteiger partial charge in [-0.25, -0.2) is 0 Å². The number of benzene rings is 1. The van der Waals surface area contributed by atoms with Crippen LogP contribution in [0.5, 0.6) is 0 Å². The predicted molar refractivity (Wildman–Crippen MR) is 59.3 cm³/mol. The molecule has 0 N–H and O–H groups in total. The van der Waals surface area contributed by atoms with Crippen LogP contribution in [0.15, 0.2) is 24.3 Å². The van der Waals surface area contributed by atoms with Crippen LogP contribution in [0.4, 0.5) is 8.39 Å². The van der Waals surface area contributed by atoms with Gasteiger partial charge in [-0.05, 0) is 25.4 Å². The molecule has 78 valence electrons. The van der Waals surface area contributed by atoms with Gasteiger partial charge in [0.2, 0.25) is 0 Å². The fraction of sp³-hybridized carbons (Fsp3) is 0.455.